The number of nitrogens with zero attached hydrogens (tertiary/aromatic N) is 6. The molecule has 11 aromatic rings. The quantitative estimate of drug-likeness (QED) is 0.170. The monoisotopic (exact) mass is 744 g/mol. The van der Waals surface area contributed by atoms with E-state index in [0.717, 1.165) is 61.3 Å². The van der Waals surface area contributed by atoms with Crippen molar-refractivity contribution in [1.82, 2.24) is 29.1 Å². The molecule has 0 radical (unpaired) electrons. The van der Waals surface area contributed by atoms with Crippen molar-refractivity contribution in [3.05, 3.63) is 193 Å². The zero-order valence-electron chi connectivity index (χ0n) is 32.0. The molecule has 4 aromatic heterocycles. The summed E-state index contributed by atoms with van der Waals surface area (Å²) >= 11 is 0. The number of aromatic nitrogens is 6. The molecule has 0 N–H and O–H groups in total. The van der Waals surface area contributed by atoms with E-state index in [1.165, 1.54) is 32.7 Å². The maximum absolute atomic E-state index is 5.15. The van der Waals surface area contributed by atoms with Gasteiger partial charge in [-0.1, -0.05) is 132 Å². The number of hydrogen-bond donors (Lipinski definition) is 0. The summed E-state index contributed by atoms with van der Waals surface area (Å²) in [7, 11) is 0. The Kier molecular flexibility index (Phi) is 7.83. The molecular weight excluding hydrogens is 709 g/mol. The third kappa shape index (κ3) is 5.49. The van der Waals surface area contributed by atoms with Crippen LogP contribution in [0.4, 0.5) is 0 Å². The number of benzene rings is 7. The highest BCUT2D eigenvalue weighted by molar-refractivity contribution is 6.11. The van der Waals surface area contributed by atoms with E-state index in [-0.39, 0.29) is 0 Å². The number of para-hydroxylation sites is 2. The van der Waals surface area contributed by atoms with Gasteiger partial charge in [0.2, 0.25) is 0 Å². The Labute approximate surface area is 335 Å². The maximum atomic E-state index is 5.15. The van der Waals surface area contributed by atoms with Gasteiger partial charge in [-0.3, -0.25) is 4.98 Å². The van der Waals surface area contributed by atoms with Crippen molar-refractivity contribution in [1.29, 1.82) is 0 Å². The Bertz CT molecular complexity index is 3300. The van der Waals surface area contributed by atoms with Gasteiger partial charge in [0.15, 0.2) is 17.5 Å². The number of aryl methyl sites for hydroxylation is 2. The molecule has 0 saturated heterocycles. The maximum Gasteiger partial charge on any atom is 0.164 e. The first-order chi connectivity index (χ1) is 28.6. The van der Waals surface area contributed by atoms with Crippen LogP contribution in [0.3, 0.4) is 0 Å². The van der Waals surface area contributed by atoms with Crippen molar-refractivity contribution in [3.8, 4) is 56.7 Å². The minimum atomic E-state index is 0.598. The van der Waals surface area contributed by atoms with Crippen molar-refractivity contribution in [2.24, 2.45) is 0 Å². The van der Waals surface area contributed by atoms with Crippen LogP contribution >= 0.6 is 0 Å². The highest BCUT2D eigenvalue weighted by atomic mass is 15.0. The third-order valence-corrected chi connectivity index (χ3v) is 11.2. The molecular formula is C52H36N6. The summed E-state index contributed by atoms with van der Waals surface area (Å²) in [5.74, 6) is 1.85. The first-order valence-electron chi connectivity index (χ1n) is 19.6. The summed E-state index contributed by atoms with van der Waals surface area (Å²) in [6.45, 7) is 4.31. The topological polar surface area (TPSA) is 61.4 Å². The summed E-state index contributed by atoms with van der Waals surface area (Å²) in [6.07, 6.45) is 3.90. The molecule has 6 nitrogen and oxygen atoms in total. The van der Waals surface area contributed by atoms with Gasteiger partial charge in [0.25, 0.3) is 0 Å². The van der Waals surface area contributed by atoms with Gasteiger partial charge in [0, 0.05) is 61.8 Å². The smallest absolute Gasteiger partial charge is 0.164 e. The molecule has 0 bridgehead atoms. The fourth-order valence-electron chi connectivity index (χ4n) is 8.50. The SMILES string of the molecule is Cc1ccc2c(c1)c1ccccc1n2-c1ccncc1-c1ccc(-c2nc(-c3ccccc3)nc(-c3ccccc3)n2)cc1-n1c2ccccc2c2cc(C)ccc21. The second-order valence-corrected chi connectivity index (χ2v) is 14.9. The van der Waals surface area contributed by atoms with E-state index in [9.17, 15) is 0 Å². The van der Waals surface area contributed by atoms with Crippen molar-refractivity contribution < 1.29 is 0 Å². The Morgan fingerprint density at radius 2 is 0.845 bits per heavy atom. The molecule has 0 aliphatic heterocycles. The van der Waals surface area contributed by atoms with Crippen molar-refractivity contribution in [2.75, 3.05) is 0 Å². The van der Waals surface area contributed by atoms with E-state index in [4.69, 9.17) is 19.9 Å². The summed E-state index contributed by atoms with van der Waals surface area (Å²) < 4.78 is 4.78. The first-order valence-corrected chi connectivity index (χ1v) is 19.6. The third-order valence-electron chi connectivity index (χ3n) is 11.2. The highest BCUT2D eigenvalue weighted by Gasteiger charge is 2.22. The molecule has 6 heteroatoms. The predicted octanol–water partition coefficient (Wildman–Crippen LogP) is 12.7. The summed E-state index contributed by atoms with van der Waals surface area (Å²) in [6, 6.07) is 59.8. The lowest BCUT2D eigenvalue weighted by Gasteiger charge is -2.19. The van der Waals surface area contributed by atoms with Crippen LogP contribution in [0.25, 0.3) is 100 Å². The van der Waals surface area contributed by atoms with Crippen molar-refractivity contribution in [2.45, 2.75) is 13.8 Å². The van der Waals surface area contributed by atoms with Gasteiger partial charge in [-0.2, -0.15) is 0 Å². The molecule has 11 rings (SSSR count). The van der Waals surface area contributed by atoms with Gasteiger partial charge in [-0.15, -0.1) is 0 Å². The van der Waals surface area contributed by atoms with Crippen LogP contribution in [0.15, 0.2) is 182 Å². The average Bonchev–Trinajstić information content (AvgIpc) is 3.78. The normalized spacial score (nSPS) is 11.6. The largest absolute Gasteiger partial charge is 0.309 e. The zero-order chi connectivity index (χ0) is 38.7. The molecule has 0 amide bonds. The predicted molar refractivity (Wildman–Crippen MR) is 238 cm³/mol. The van der Waals surface area contributed by atoms with Gasteiger partial charge in [0.05, 0.1) is 33.4 Å². The standard InChI is InChI=1S/C52H36N6/c1-33-21-25-46-41(29-33)38-17-9-11-19-44(38)57(46)48-27-28-53-32-43(48)40-24-23-37(31-49(40)58-45-20-12-10-18-39(45)42-30-34(2)22-26-47(42)58)52-55-50(35-13-5-3-6-14-35)54-51(56-52)36-15-7-4-8-16-36/h3-32H,1-2H3. The number of hydrogen-bond acceptors (Lipinski definition) is 4. The Morgan fingerprint density at radius 1 is 0.362 bits per heavy atom. The molecule has 274 valence electrons. The van der Waals surface area contributed by atoms with Crippen molar-refractivity contribution >= 4 is 43.6 Å². The second kappa shape index (κ2) is 13.5. The van der Waals surface area contributed by atoms with Gasteiger partial charge in [0.1, 0.15) is 0 Å². The molecule has 0 spiro atoms. The molecule has 0 unspecified atom stereocenters. The van der Waals surface area contributed by atoms with E-state index in [0.29, 0.717) is 17.5 Å². The molecule has 58 heavy (non-hydrogen) atoms. The Hall–Kier alpha value is -7.70. The van der Waals surface area contributed by atoms with Gasteiger partial charge >= 0.3 is 0 Å². The molecule has 4 heterocycles. The van der Waals surface area contributed by atoms with Gasteiger partial charge in [-0.05, 0) is 62.4 Å². The van der Waals surface area contributed by atoms with Gasteiger partial charge in [-0.25, -0.2) is 15.0 Å². The molecule has 0 aliphatic carbocycles. The van der Waals surface area contributed by atoms with Crippen LogP contribution in [0.2, 0.25) is 0 Å². The number of pyridine rings is 1. The van der Waals surface area contributed by atoms with Crippen LogP contribution in [-0.2, 0) is 0 Å². The first kappa shape index (κ1) is 33.6. The fraction of sp³-hybridized carbons (Fsp3) is 0.0385. The van der Waals surface area contributed by atoms with E-state index in [1.54, 1.807) is 0 Å². The number of rotatable bonds is 6. The lowest BCUT2D eigenvalue weighted by molar-refractivity contribution is 1.07. The minimum Gasteiger partial charge on any atom is -0.309 e. The second-order valence-electron chi connectivity index (χ2n) is 14.9. The Balaban J connectivity index is 1.22. The molecule has 0 fully saturated rings. The van der Waals surface area contributed by atoms with Crippen LogP contribution < -0.4 is 0 Å². The summed E-state index contributed by atoms with van der Waals surface area (Å²) in [5, 5.41) is 4.84. The summed E-state index contributed by atoms with van der Waals surface area (Å²) in [5.41, 5.74) is 13.8. The minimum absolute atomic E-state index is 0.598. The van der Waals surface area contributed by atoms with E-state index < -0.39 is 0 Å². The van der Waals surface area contributed by atoms with E-state index >= 15 is 0 Å². The lowest BCUT2D eigenvalue weighted by Crippen LogP contribution is -2.04. The van der Waals surface area contributed by atoms with E-state index in [1.807, 2.05) is 73.1 Å². The fourth-order valence-corrected chi connectivity index (χ4v) is 8.50. The van der Waals surface area contributed by atoms with Crippen molar-refractivity contribution in [3.63, 3.8) is 0 Å². The highest BCUT2D eigenvalue weighted by Crippen LogP contribution is 2.42. The van der Waals surface area contributed by atoms with Crippen LogP contribution in [0.5, 0.6) is 0 Å². The Morgan fingerprint density at radius 3 is 1.41 bits per heavy atom. The lowest BCUT2D eigenvalue weighted by atomic mass is 10.00. The zero-order valence-corrected chi connectivity index (χ0v) is 32.0. The molecule has 0 atom stereocenters. The summed E-state index contributed by atoms with van der Waals surface area (Å²) in [4.78, 5) is 20.1. The number of fused-ring (bicyclic) bond motifs is 6. The molecule has 0 saturated carbocycles. The molecule has 7 aromatic carbocycles. The van der Waals surface area contributed by atoms with E-state index in [2.05, 4.69) is 132 Å². The average molecular weight is 745 g/mol. The van der Waals surface area contributed by atoms with Crippen LogP contribution in [-0.4, -0.2) is 29.1 Å². The van der Waals surface area contributed by atoms with Crippen LogP contribution in [0.1, 0.15) is 11.1 Å². The van der Waals surface area contributed by atoms with Crippen LogP contribution in [0, 0.1) is 13.8 Å². The van der Waals surface area contributed by atoms with Gasteiger partial charge < -0.3 is 9.13 Å². The molecule has 0 aliphatic rings.